The number of rotatable bonds is 4. The van der Waals surface area contributed by atoms with E-state index < -0.39 is 5.79 Å². The molecule has 2 aromatic carbocycles. The molecule has 0 heterocycles. The Bertz CT molecular complexity index is 421. The molecule has 0 aliphatic heterocycles. The Labute approximate surface area is 172 Å². The zero-order valence-electron chi connectivity index (χ0n) is 12.0. The third kappa shape index (κ3) is 5.40. The standard InChI is InChI=1S/C15H16O2.CH3.2Y/c1-2-17-15(16,13-9-5-3-6-10-13)14-11-7-4-8-12-14;;;/h3-12,16H,2H2,1H3;1H3;;/q;-1;;. The Morgan fingerprint density at radius 2 is 1.20 bits per heavy atom. The zero-order chi connectivity index (χ0) is 12.1. The molecule has 1 N–H and O–H groups in total. The van der Waals surface area contributed by atoms with Crippen LogP contribution in [0.3, 0.4) is 0 Å². The van der Waals surface area contributed by atoms with E-state index in [9.17, 15) is 5.11 Å². The molecule has 102 valence electrons. The van der Waals surface area contributed by atoms with E-state index in [2.05, 4.69) is 0 Å². The summed E-state index contributed by atoms with van der Waals surface area (Å²) in [6, 6.07) is 18.9. The normalized spacial score (nSPS) is 9.70. The minimum atomic E-state index is -1.36. The molecule has 2 rings (SSSR count). The van der Waals surface area contributed by atoms with Gasteiger partial charge in [-0.1, -0.05) is 60.7 Å². The van der Waals surface area contributed by atoms with Crippen molar-refractivity contribution in [1.82, 2.24) is 0 Å². The molecule has 0 aliphatic carbocycles. The third-order valence-electron chi connectivity index (χ3n) is 2.68. The van der Waals surface area contributed by atoms with Gasteiger partial charge in [-0.2, -0.15) is 0 Å². The van der Waals surface area contributed by atoms with Crippen molar-refractivity contribution in [2.24, 2.45) is 0 Å². The van der Waals surface area contributed by atoms with E-state index in [-0.39, 0.29) is 72.8 Å². The van der Waals surface area contributed by atoms with Crippen LogP contribution < -0.4 is 0 Å². The van der Waals surface area contributed by atoms with E-state index in [0.717, 1.165) is 11.1 Å². The minimum absolute atomic E-state index is 0. The van der Waals surface area contributed by atoms with E-state index in [4.69, 9.17) is 4.74 Å². The fraction of sp³-hybridized carbons (Fsp3) is 0.188. The van der Waals surface area contributed by atoms with Crippen LogP contribution >= 0.6 is 0 Å². The summed E-state index contributed by atoms with van der Waals surface area (Å²) >= 11 is 0. The maximum atomic E-state index is 10.7. The largest absolute Gasteiger partial charge is 0.358 e. The Balaban J connectivity index is 0. The van der Waals surface area contributed by atoms with Gasteiger partial charge in [-0.15, -0.1) is 0 Å². The van der Waals surface area contributed by atoms with E-state index in [1.807, 2.05) is 67.6 Å². The molecule has 2 radical (unpaired) electrons. The second-order valence-electron chi connectivity index (χ2n) is 3.81. The molecule has 0 saturated heterocycles. The first-order chi connectivity index (χ1) is 8.27. The van der Waals surface area contributed by atoms with E-state index >= 15 is 0 Å². The Kier molecular flexibility index (Phi) is 12.8. The van der Waals surface area contributed by atoms with Crippen LogP contribution in [0.4, 0.5) is 0 Å². The molecule has 0 aromatic heterocycles. The van der Waals surface area contributed by atoms with Crippen LogP contribution in [0.1, 0.15) is 18.1 Å². The van der Waals surface area contributed by atoms with Gasteiger partial charge in [0.15, 0.2) is 0 Å². The van der Waals surface area contributed by atoms with Crippen molar-refractivity contribution in [2.75, 3.05) is 6.61 Å². The maximum Gasteiger partial charge on any atom is 0.219 e. The summed E-state index contributed by atoms with van der Waals surface area (Å²) in [6.07, 6.45) is 0. The topological polar surface area (TPSA) is 29.5 Å². The van der Waals surface area contributed by atoms with Crippen molar-refractivity contribution < 1.29 is 75.3 Å². The molecule has 0 aliphatic rings. The predicted molar refractivity (Wildman–Crippen MR) is 73.9 cm³/mol. The average Bonchev–Trinajstić information content (AvgIpc) is 2.41. The second kappa shape index (κ2) is 11.2. The summed E-state index contributed by atoms with van der Waals surface area (Å²) in [5, 5.41) is 10.7. The van der Waals surface area contributed by atoms with Crippen molar-refractivity contribution in [2.45, 2.75) is 12.7 Å². The van der Waals surface area contributed by atoms with Gasteiger partial charge >= 0.3 is 0 Å². The monoisotopic (exact) mass is 421 g/mol. The average molecular weight is 421 g/mol. The van der Waals surface area contributed by atoms with Crippen molar-refractivity contribution in [3.05, 3.63) is 79.2 Å². The van der Waals surface area contributed by atoms with Crippen LogP contribution in [0.5, 0.6) is 0 Å². The third-order valence-corrected chi connectivity index (χ3v) is 2.68. The molecule has 2 nitrogen and oxygen atoms in total. The first-order valence-electron chi connectivity index (χ1n) is 5.74. The molecule has 4 heteroatoms. The smallest absolute Gasteiger partial charge is 0.219 e. The maximum absolute atomic E-state index is 10.7. The van der Waals surface area contributed by atoms with E-state index in [0.29, 0.717) is 6.61 Å². The summed E-state index contributed by atoms with van der Waals surface area (Å²) in [5.41, 5.74) is 1.49. The predicted octanol–water partition coefficient (Wildman–Crippen LogP) is 3.36. The van der Waals surface area contributed by atoms with Crippen molar-refractivity contribution in [3.63, 3.8) is 0 Å². The molecule has 0 atom stereocenters. The summed E-state index contributed by atoms with van der Waals surface area (Å²) in [4.78, 5) is 0. The van der Waals surface area contributed by atoms with Crippen molar-refractivity contribution in [1.29, 1.82) is 0 Å². The van der Waals surface area contributed by atoms with Crippen LogP contribution in [0.25, 0.3) is 0 Å². The second-order valence-corrected chi connectivity index (χ2v) is 3.81. The van der Waals surface area contributed by atoms with Crippen molar-refractivity contribution >= 4 is 0 Å². The number of benzene rings is 2. The summed E-state index contributed by atoms with van der Waals surface area (Å²) in [7, 11) is 0. The van der Waals surface area contributed by atoms with E-state index in [1.54, 1.807) is 0 Å². The molecule has 0 amide bonds. The van der Waals surface area contributed by atoms with Crippen LogP contribution in [0.2, 0.25) is 0 Å². The van der Waals surface area contributed by atoms with Gasteiger partial charge in [0.2, 0.25) is 5.79 Å². The molecule has 0 spiro atoms. The minimum Gasteiger partial charge on any atom is -0.358 e. The van der Waals surface area contributed by atoms with Gasteiger partial charge in [-0.3, -0.25) is 0 Å². The zero-order valence-corrected chi connectivity index (χ0v) is 17.7. The van der Waals surface area contributed by atoms with Gasteiger partial charge in [-0.05, 0) is 6.92 Å². The number of aliphatic hydroxyl groups is 1. The summed E-state index contributed by atoms with van der Waals surface area (Å²) in [6.45, 7) is 2.32. The van der Waals surface area contributed by atoms with E-state index in [1.165, 1.54) is 0 Å². The van der Waals surface area contributed by atoms with Crippen LogP contribution in [-0.4, -0.2) is 11.7 Å². The molecular formula is C16H19O2Y2-. The fourth-order valence-corrected chi connectivity index (χ4v) is 1.87. The van der Waals surface area contributed by atoms with Crippen LogP contribution in [0.15, 0.2) is 60.7 Å². The molecule has 0 saturated carbocycles. The van der Waals surface area contributed by atoms with Gasteiger partial charge in [-0.25, -0.2) is 0 Å². The first kappa shape index (κ1) is 22.8. The van der Waals surface area contributed by atoms with Gasteiger partial charge in [0.25, 0.3) is 0 Å². The number of ether oxygens (including phenoxy) is 1. The number of hydrogen-bond donors (Lipinski definition) is 1. The SMILES string of the molecule is CCOC(O)(c1ccccc1)c1ccccc1.[CH3-].[Y].[Y]. The van der Waals surface area contributed by atoms with Gasteiger partial charge in [0.05, 0.1) is 0 Å². The molecule has 0 fully saturated rings. The Hall–Kier alpha value is 0.568. The summed E-state index contributed by atoms with van der Waals surface area (Å²) in [5.74, 6) is -1.36. The Morgan fingerprint density at radius 3 is 1.50 bits per heavy atom. The molecule has 2 aromatic rings. The Morgan fingerprint density at radius 1 is 0.850 bits per heavy atom. The van der Waals surface area contributed by atoms with Crippen LogP contribution in [-0.2, 0) is 75.9 Å². The first-order valence-corrected chi connectivity index (χ1v) is 5.74. The molecule has 20 heavy (non-hydrogen) atoms. The molecule has 0 bridgehead atoms. The molecular weight excluding hydrogens is 402 g/mol. The van der Waals surface area contributed by atoms with Gasteiger partial charge in [0.1, 0.15) is 0 Å². The number of hydrogen-bond acceptors (Lipinski definition) is 2. The van der Waals surface area contributed by atoms with Crippen LogP contribution in [0, 0.1) is 7.43 Å². The van der Waals surface area contributed by atoms with Gasteiger partial charge < -0.3 is 17.3 Å². The van der Waals surface area contributed by atoms with Gasteiger partial charge in [0, 0.05) is 83.2 Å². The van der Waals surface area contributed by atoms with Crippen molar-refractivity contribution in [3.8, 4) is 0 Å². The fourth-order valence-electron chi connectivity index (χ4n) is 1.87. The summed E-state index contributed by atoms with van der Waals surface area (Å²) < 4.78 is 5.56. The molecule has 0 unspecified atom stereocenters. The quantitative estimate of drug-likeness (QED) is 0.607.